The molecule has 4 rings (SSSR count). The number of nitrogens with two attached hydrogens (primary N) is 1. The molecular formula is C30H36N10O7. The highest BCUT2D eigenvalue weighted by Crippen LogP contribution is 2.13. The van der Waals surface area contributed by atoms with Crippen LogP contribution in [-0.4, -0.2) is 74.8 Å². The van der Waals surface area contributed by atoms with Gasteiger partial charge in [-0.15, -0.1) is 5.10 Å². The van der Waals surface area contributed by atoms with Crippen LogP contribution in [0.5, 0.6) is 0 Å². The largest absolute Gasteiger partial charge is 0.481 e. The van der Waals surface area contributed by atoms with Crippen molar-refractivity contribution < 1.29 is 29.4 Å². The SMILES string of the molecule is Nc1nc2ncc(CNc3ccc(C(=O)NC(CCC(=O)CCCCCn4cc(CCCC(=O)O)nn4)C(=O)O)cc3)nc2c(=O)[nH]1. The van der Waals surface area contributed by atoms with Crippen LogP contribution in [0.3, 0.4) is 0 Å². The highest BCUT2D eigenvalue weighted by atomic mass is 16.4. The van der Waals surface area contributed by atoms with Gasteiger partial charge < -0.3 is 26.6 Å². The van der Waals surface area contributed by atoms with Gasteiger partial charge in [-0.2, -0.15) is 4.98 Å². The summed E-state index contributed by atoms with van der Waals surface area (Å²) in [4.78, 5) is 74.2. The molecule has 4 aromatic rings. The predicted molar refractivity (Wildman–Crippen MR) is 168 cm³/mol. The number of nitrogens with zero attached hydrogens (tertiary/aromatic N) is 6. The van der Waals surface area contributed by atoms with Crippen LogP contribution in [0.25, 0.3) is 11.2 Å². The molecule has 0 aliphatic heterocycles. The number of carboxylic acid groups (broad SMARTS) is 2. The monoisotopic (exact) mass is 648 g/mol. The van der Waals surface area contributed by atoms with E-state index in [4.69, 9.17) is 10.8 Å². The summed E-state index contributed by atoms with van der Waals surface area (Å²) < 4.78 is 1.70. The molecule has 0 saturated heterocycles. The molecule has 17 nitrogen and oxygen atoms in total. The standard InChI is InChI=1S/C30H36N10O7/c31-30-36-26-25(28(45)37-30)34-21(16-33-26)15-32-19-10-8-18(9-11-19)27(44)35-23(29(46)47)13-12-22(41)6-2-1-3-14-40-17-20(38-39-40)5-4-7-24(42)43/h8-11,16-17,23,32H,1-7,12-15H2,(H,35,44)(H,42,43)(H,46,47)(H3,31,33,36,37,45). The molecule has 0 aliphatic rings. The number of H-pyrrole nitrogens is 1. The number of unbranched alkanes of at least 4 members (excludes halogenated alkanes) is 2. The third-order valence-corrected chi connectivity index (χ3v) is 7.17. The Morgan fingerprint density at radius 3 is 2.49 bits per heavy atom. The Balaban J connectivity index is 1.15. The van der Waals surface area contributed by atoms with Crippen LogP contribution in [0.4, 0.5) is 11.6 Å². The molecule has 0 bridgehead atoms. The molecule has 47 heavy (non-hydrogen) atoms. The Bertz CT molecular complexity index is 1770. The Morgan fingerprint density at radius 1 is 0.957 bits per heavy atom. The maximum Gasteiger partial charge on any atom is 0.326 e. The van der Waals surface area contributed by atoms with Crippen LogP contribution in [-0.2, 0) is 33.9 Å². The Hall–Kier alpha value is -5.74. The number of aromatic nitrogens is 7. The first-order valence-electron chi connectivity index (χ1n) is 15.1. The summed E-state index contributed by atoms with van der Waals surface area (Å²) in [7, 11) is 0. The van der Waals surface area contributed by atoms with Crippen molar-refractivity contribution in [3.05, 3.63) is 64.0 Å². The van der Waals surface area contributed by atoms with E-state index in [0.29, 0.717) is 43.6 Å². The minimum atomic E-state index is -1.23. The number of hydrogen-bond acceptors (Lipinski definition) is 12. The van der Waals surface area contributed by atoms with Crippen LogP contribution in [0.15, 0.2) is 41.5 Å². The van der Waals surface area contributed by atoms with Crippen molar-refractivity contribution in [3.8, 4) is 0 Å². The molecule has 1 atom stereocenters. The van der Waals surface area contributed by atoms with E-state index in [9.17, 15) is 29.1 Å². The van der Waals surface area contributed by atoms with Crippen molar-refractivity contribution in [1.82, 2.24) is 40.2 Å². The lowest BCUT2D eigenvalue weighted by Crippen LogP contribution is -2.41. The number of aryl methyl sites for hydroxylation is 2. The number of ketones is 1. The first kappa shape index (κ1) is 34.1. The van der Waals surface area contributed by atoms with Gasteiger partial charge in [0, 0.05) is 43.3 Å². The minimum absolute atomic E-state index is 0.0237. The van der Waals surface area contributed by atoms with Crippen molar-refractivity contribution in [1.29, 1.82) is 0 Å². The maximum atomic E-state index is 12.7. The molecule has 0 fully saturated rings. The lowest BCUT2D eigenvalue weighted by atomic mass is 10.0. The first-order chi connectivity index (χ1) is 22.6. The number of carbonyl (C=O) groups excluding carboxylic acids is 2. The number of fused-ring (bicyclic) bond motifs is 1. The Morgan fingerprint density at radius 2 is 1.74 bits per heavy atom. The average Bonchev–Trinajstić information content (AvgIpc) is 3.49. The smallest absolute Gasteiger partial charge is 0.326 e. The van der Waals surface area contributed by atoms with Gasteiger partial charge in [-0.3, -0.25) is 28.8 Å². The highest BCUT2D eigenvalue weighted by molar-refractivity contribution is 5.97. The molecule has 0 radical (unpaired) electrons. The molecule has 3 heterocycles. The van der Waals surface area contributed by atoms with Crippen LogP contribution < -0.4 is 21.9 Å². The fourth-order valence-electron chi connectivity index (χ4n) is 4.67. The van der Waals surface area contributed by atoms with E-state index >= 15 is 0 Å². The van der Waals surface area contributed by atoms with Gasteiger partial charge in [0.05, 0.1) is 24.1 Å². The van der Waals surface area contributed by atoms with Gasteiger partial charge in [-0.05, 0) is 56.4 Å². The fourth-order valence-corrected chi connectivity index (χ4v) is 4.67. The minimum Gasteiger partial charge on any atom is -0.481 e. The van der Waals surface area contributed by atoms with Gasteiger partial charge in [-0.25, -0.2) is 14.8 Å². The summed E-state index contributed by atoms with van der Waals surface area (Å²) in [6, 6.07) is 5.13. The number of hydrogen-bond donors (Lipinski definition) is 6. The number of aromatic amines is 1. The summed E-state index contributed by atoms with van der Waals surface area (Å²) in [6.45, 7) is 0.855. The van der Waals surface area contributed by atoms with E-state index in [1.54, 1.807) is 23.0 Å². The summed E-state index contributed by atoms with van der Waals surface area (Å²) in [6.07, 6.45) is 6.88. The summed E-state index contributed by atoms with van der Waals surface area (Å²) >= 11 is 0. The van der Waals surface area contributed by atoms with Gasteiger partial charge in [0.2, 0.25) is 5.95 Å². The quantitative estimate of drug-likeness (QED) is 0.0791. The molecule has 1 aromatic carbocycles. The number of aliphatic carboxylic acids is 2. The highest BCUT2D eigenvalue weighted by Gasteiger charge is 2.21. The van der Waals surface area contributed by atoms with Crippen molar-refractivity contribution in [2.75, 3.05) is 11.1 Å². The molecule has 0 aliphatic carbocycles. The zero-order chi connectivity index (χ0) is 33.8. The van der Waals surface area contributed by atoms with E-state index in [-0.39, 0.29) is 54.3 Å². The molecule has 248 valence electrons. The second-order valence-electron chi connectivity index (χ2n) is 10.9. The number of carbonyl (C=O) groups is 4. The van der Waals surface area contributed by atoms with Crippen LogP contribution in [0.2, 0.25) is 0 Å². The molecule has 3 aromatic heterocycles. The fraction of sp³-hybridized carbons (Fsp3) is 0.400. The Kier molecular flexibility index (Phi) is 12.0. The van der Waals surface area contributed by atoms with Gasteiger partial charge in [-0.1, -0.05) is 11.6 Å². The van der Waals surface area contributed by atoms with Crippen molar-refractivity contribution in [2.24, 2.45) is 0 Å². The van der Waals surface area contributed by atoms with Crippen molar-refractivity contribution in [3.63, 3.8) is 0 Å². The van der Waals surface area contributed by atoms with Crippen LogP contribution in [0, 0.1) is 0 Å². The lowest BCUT2D eigenvalue weighted by molar-refractivity contribution is -0.139. The molecule has 17 heteroatoms. The summed E-state index contributed by atoms with van der Waals surface area (Å²) in [5.74, 6) is -2.79. The van der Waals surface area contributed by atoms with Gasteiger partial charge >= 0.3 is 11.9 Å². The van der Waals surface area contributed by atoms with Crippen molar-refractivity contribution in [2.45, 2.75) is 76.9 Å². The van der Waals surface area contributed by atoms with E-state index < -0.39 is 29.4 Å². The van der Waals surface area contributed by atoms with Gasteiger partial charge in [0.25, 0.3) is 11.5 Å². The molecular weight excluding hydrogens is 612 g/mol. The number of carboxylic acids is 2. The number of Topliss-reactive ketones (excluding diaryl/α,β-unsaturated/α-hetero) is 1. The Labute approximate surface area is 268 Å². The van der Waals surface area contributed by atoms with E-state index in [1.807, 2.05) is 0 Å². The average molecular weight is 649 g/mol. The lowest BCUT2D eigenvalue weighted by Gasteiger charge is -2.14. The summed E-state index contributed by atoms with van der Waals surface area (Å²) in [5.41, 5.74) is 7.32. The van der Waals surface area contributed by atoms with E-state index in [2.05, 4.69) is 40.9 Å². The molecule has 7 N–H and O–H groups in total. The maximum absolute atomic E-state index is 12.7. The number of amides is 1. The van der Waals surface area contributed by atoms with Crippen molar-refractivity contribution >= 4 is 46.4 Å². The normalized spacial score (nSPS) is 11.7. The number of anilines is 2. The second-order valence-corrected chi connectivity index (χ2v) is 10.9. The van der Waals surface area contributed by atoms with Gasteiger partial charge in [0.15, 0.2) is 11.2 Å². The number of rotatable bonds is 19. The van der Waals surface area contributed by atoms with Crippen LogP contribution >= 0.6 is 0 Å². The number of nitrogen functional groups attached to an aromatic ring is 1. The third-order valence-electron chi connectivity index (χ3n) is 7.17. The van der Waals surface area contributed by atoms with E-state index in [1.165, 1.54) is 18.3 Å². The van der Waals surface area contributed by atoms with Crippen LogP contribution in [0.1, 0.15) is 73.1 Å². The zero-order valence-electron chi connectivity index (χ0n) is 25.5. The second kappa shape index (κ2) is 16.5. The topological polar surface area (TPSA) is 261 Å². The number of nitrogens with one attached hydrogen (secondary N) is 3. The molecule has 0 saturated carbocycles. The first-order valence-corrected chi connectivity index (χ1v) is 15.1. The number of benzene rings is 1. The van der Waals surface area contributed by atoms with E-state index in [0.717, 1.165) is 18.5 Å². The van der Waals surface area contributed by atoms with Gasteiger partial charge in [0.1, 0.15) is 11.8 Å². The predicted octanol–water partition coefficient (Wildman–Crippen LogP) is 1.70. The summed E-state index contributed by atoms with van der Waals surface area (Å²) in [5, 5.41) is 32.0. The molecule has 1 unspecified atom stereocenters. The molecule has 1 amide bonds. The molecule has 0 spiro atoms. The third kappa shape index (κ3) is 10.7. The zero-order valence-corrected chi connectivity index (χ0v) is 25.5.